The first kappa shape index (κ1) is 13.8. The maximum Gasteiger partial charge on any atom is 0.308 e. The number of hydrogen-bond donors (Lipinski definition) is 0. The van der Waals surface area contributed by atoms with Crippen molar-refractivity contribution in [3.8, 4) is 5.75 Å². The minimum atomic E-state index is -0.520. The van der Waals surface area contributed by atoms with Crippen LogP contribution in [-0.4, -0.2) is 17.6 Å². The second-order valence-electron chi connectivity index (χ2n) is 3.05. The molecule has 0 fully saturated rings. The number of esters is 1. The summed E-state index contributed by atoms with van der Waals surface area (Å²) in [5.41, 5.74) is 0.300. The van der Waals surface area contributed by atoms with E-state index in [1.54, 1.807) is 0 Å². The predicted molar refractivity (Wildman–Crippen MR) is 66.2 cm³/mol. The van der Waals surface area contributed by atoms with Crippen LogP contribution in [0.1, 0.15) is 19.5 Å². The number of carbonyl (C=O) groups is 1. The molecule has 17 heavy (non-hydrogen) atoms. The van der Waals surface area contributed by atoms with Crippen LogP contribution in [0.25, 0.3) is 5.76 Å². The molecule has 6 heteroatoms. The number of halogens is 2. The molecule has 1 rings (SSSR count). The number of ether oxygens (including phenoxy) is 2. The highest BCUT2D eigenvalue weighted by atomic mass is 35.5. The lowest BCUT2D eigenvalue weighted by Gasteiger charge is -2.11. The number of hydrogen-bond acceptors (Lipinski definition) is 4. The zero-order valence-corrected chi connectivity index (χ0v) is 10.9. The van der Waals surface area contributed by atoms with Crippen LogP contribution < -0.4 is 4.74 Å². The van der Waals surface area contributed by atoms with E-state index in [0.717, 1.165) is 0 Å². The van der Waals surface area contributed by atoms with Crippen molar-refractivity contribution in [2.45, 2.75) is 13.8 Å². The van der Waals surface area contributed by atoms with Gasteiger partial charge in [-0.05, 0) is 6.92 Å². The van der Waals surface area contributed by atoms with Gasteiger partial charge < -0.3 is 9.47 Å². The van der Waals surface area contributed by atoms with Gasteiger partial charge in [-0.1, -0.05) is 29.8 Å². The Morgan fingerprint density at radius 2 is 2.18 bits per heavy atom. The van der Waals surface area contributed by atoms with E-state index in [2.05, 4.69) is 11.6 Å². The summed E-state index contributed by atoms with van der Waals surface area (Å²) in [5.74, 6) is -0.165. The molecule has 0 spiro atoms. The maximum atomic E-state index is 10.9. The van der Waals surface area contributed by atoms with Crippen molar-refractivity contribution in [2.24, 2.45) is 0 Å². The van der Waals surface area contributed by atoms with Gasteiger partial charge in [-0.25, -0.2) is 4.98 Å². The normalized spacial score (nSPS) is 9.88. The minimum absolute atomic E-state index is 0.0617. The number of aromatic nitrogens is 1. The number of carbonyl (C=O) groups excluding carboxylic acids is 1. The molecule has 0 bridgehead atoms. The van der Waals surface area contributed by atoms with Crippen LogP contribution in [-0.2, 0) is 9.53 Å². The summed E-state index contributed by atoms with van der Waals surface area (Å²) < 4.78 is 10.1. The first-order chi connectivity index (χ1) is 7.97. The van der Waals surface area contributed by atoms with Gasteiger partial charge in [0.25, 0.3) is 0 Å². The summed E-state index contributed by atoms with van der Waals surface area (Å²) in [6, 6.07) is 0. The van der Waals surface area contributed by atoms with Gasteiger partial charge in [0.2, 0.25) is 0 Å². The molecule has 0 amide bonds. The third-order valence-electron chi connectivity index (χ3n) is 1.76. The highest BCUT2D eigenvalue weighted by molar-refractivity contribution is 6.38. The molecule has 1 aromatic rings. The monoisotopic (exact) mass is 275 g/mol. The van der Waals surface area contributed by atoms with Gasteiger partial charge in [0.05, 0.1) is 12.8 Å². The number of rotatable bonds is 4. The molecule has 0 radical (unpaired) electrons. The van der Waals surface area contributed by atoms with Crippen LogP contribution in [0.15, 0.2) is 12.8 Å². The molecule has 1 aromatic heterocycles. The Balaban J connectivity index is 3.18. The molecule has 0 unspecified atom stereocenters. The van der Waals surface area contributed by atoms with Crippen LogP contribution >= 0.6 is 23.2 Å². The second-order valence-corrected chi connectivity index (χ2v) is 3.83. The van der Waals surface area contributed by atoms with Crippen LogP contribution in [0.5, 0.6) is 5.75 Å². The van der Waals surface area contributed by atoms with E-state index < -0.39 is 5.97 Å². The fraction of sp³-hybridized carbons (Fsp3) is 0.273. The van der Waals surface area contributed by atoms with Gasteiger partial charge in [0.1, 0.15) is 21.5 Å². The van der Waals surface area contributed by atoms with E-state index in [1.807, 2.05) is 6.92 Å². The Kier molecular flexibility index (Phi) is 4.78. The first-order valence-corrected chi connectivity index (χ1v) is 5.57. The van der Waals surface area contributed by atoms with Crippen molar-refractivity contribution < 1.29 is 14.3 Å². The Morgan fingerprint density at radius 1 is 1.53 bits per heavy atom. The smallest absolute Gasteiger partial charge is 0.308 e. The minimum Gasteiger partial charge on any atom is -0.492 e. The highest BCUT2D eigenvalue weighted by Crippen LogP contribution is 2.36. The Bertz CT molecular complexity index is 460. The van der Waals surface area contributed by atoms with E-state index in [4.69, 9.17) is 32.7 Å². The van der Waals surface area contributed by atoms with E-state index in [0.29, 0.717) is 18.1 Å². The predicted octanol–water partition coefficient (Wildman–Crippen LogP) is 3.32. The molecule has 0 saturated heterocycles. The van der Waals surface area contributed by atoms with Gasteiger partial charge in [0, 0.05) is 6.92 Å². The lowest BCUT2D eigenvalue weighted by molar-refractivity contribution is -0.131. The first-order valence-electron chi connectivity index (χ1n) is 4.81. The van der Waals surface area contributed by atoms with Crippen molar-refractivity contribution in [2.75, 3.05) is 6.61 Å². The largest absolute Gasteiger partial charge is 0.492 e. The van der Waals surface area contributed by atoms with Crippen molar-refractivity contribution in [1.82, 2.24) is 4.98 Å². The van der Waals surface area contributed by atoms with Gasteiger partial charge in [-0.3, -0.25) is 4.79 Å². The van der Waals surface area contributed by atoms with Crippen LogP contribution in [0, 0.1) is 0 Å². The molecule has 0 aliphatic rings. The van der Waals surface area contributed by atoms with Gasteiger partial charge in [-0.15, -0.1) is 0 Å². The van der Waals surface area contributed by atoms with Crippen LogP contribution in [0.4, 0.5) is 0 Å². The Morgan fingerprint density at radius 3 is 2.71 bits per heavy atom. The third-order valence-corrected chi connectivity index (χ3v) is 2.38. The van der Waals surface area contributed by atoms with E-state index in [-0.39, 0.29) is 15.8 Å². The summed E-state index contributed by atoms with van der Waals surface area (Å²) >= 11 is 11.9. The van der Waals surface area contributed by atoms with Crippen LogP contribution in [0.3, 0.4) is 0 Å². The Labute approximate surface area is 109 Å². The van der Waals surface area contributed by atoms with Crippen molar-refractivity contribution in [3.63, 3.8) is 0 Å². The average molecular weight is 276 g/mol. The topological polar surface area (TPSA) is 48.4 Å². The fourth-order valence-corrected chi connectivity index (χ4v) is 1.65. The third kappa shape index (κ3) is 3.35. The Hall–Kier alpha value is -1.26. The zero-order chi connectivity index (χ0) is 13.0. The SMILES string of the molecule is C=C(OCC)c1ncc(Cl)c(OC(C)=O)c1Cl. The molecule has 0 atom stereocenters. The summed E-state index contributed by atoms with van der Waals surface area (Å²) in [6.45, 7) is 7.17. The molecule has 0 aliphatic carbocycles. The van der Waals surface area contributed by atoms with Crippen LogP contribution in [0.2, 0.25) is 10.0 Å². The maximum absolute atomic E-state index is 10.9. The lowest BCUT2D eigenvalue weighted by atomic mass is 10.3. The van der Waals surface area contributed by atoms with Crippen molar-refractivity contribution >= 4 is 34.9 Å². The summed E-state index contributed by atoms with van der Waals surface area (Å²) in [5, 5.41) is 0.254. The molecular formula is C11H11Cl2NO3. The molecule has 4 nitrogen and oxygen atoms in total. The summed E-state index contributed by atoms with van der Waals surface area (Å²) in [7, 11) is 0. The summed E-state index contributed by atoms with van der Waals surface area (Å²) in [6.07, 6.45) is 1.32. The second kappa shape index (κ2) is 5.89. The van der Waals surface area contributed by atoms with Crippen molar-refractivity contribution in [3.05, 3.63) is 28.5 Å². The van der Waals surface area contributed by atoms with Crippen molar-refractivity contribution in [1.29, 1.82) is 0 Å². The zero-order valence-electron chi connectivity index (χ0n) is 9.42. The van der Waals surface area contributed by atoms with E-state index in [1.165, 1.54) is 13.1 Å². The fourth-order valence-electron chi connectivity index (χ4n) is 1.12. The molecule has 92 valence electrons. The van der Waals surface area contributed by atoms with E-state index >= 15 is 0 Å². The molecular weight excluding hydrogens is 265 g/mol. The van der Waals surface area contributed by atoms with Gasteiger partial charge in [-0.2, -0.15) is 0 Å². The lowest BCUT2D eigenvalue weighted by Crippen LogP contribution is -2.05. The number of nitrogens with zero attached hydrogens (tertiary/aromatic N) is 1. The summed E-state index contributed by atoms with van der Waals surface area (Å²) in [4.78, 5) is 14.9. The standard InChI is InChI=1S/C11H11Cl2NO3/c1-4-16-6(2)10-9(13)11(17-7(3)15)8(12)5-14-10/h5H,2,4H2,1,3H3. The molecule has 0 saturated carbocycles. The molecule has 0 aromatic carbocycles. The molecule has 1 heterocycles. The van der Waals surface area contributed by atoms with Gasteiger partial charge in [0.15, 0.2) is 5.75 Å². The average Bonchev–Trinajstić information content (AvgIpc) is 2.24. The number of pyridine rings is 1. The molecule has 0 N–H and O–H groups in total. The quantitative estimate of drug-likeness (QED) is 0.625. The highest BCUT2D eigenvalue weighted by Gasteiger charge is 2.17. The van der Waals surface area contributed by atoms with Gasteiger partial charge >= 0.3 is 5.97 Å². The van der Waals surface area contributed by atoms with E-state index in [9.17, 15) is 4.79 Å². The molecule has 0 aliphatic heterocycles.